The van der Waals surface area contributed by atoms with E-state index < -0.39 is 11.9 Å². The molecule has 1 aromatic rings. The summed E-state index contributed by atoms with van der Waals surface area (Å²) >= 11 is 0. The van der Waals surface area contributed by atoms with Crippen LogP contribution in [-0.4, -0.2) is 17.0 Å². The number of hydrogen-bond acceptors (Lipinski definition) is 2. The number of benzene rings is 1. The van der Waals surface area contributed by atoms with Gasteiger partial charge in [-0.15, -0.1) is 0 Å². The summed E-state index contributed by atoms with van der Waals surface area (Å²) in [7, 11) is 0. The highest BCUT2D eigenvalue weighted by molar-refractivity contribution is 5.89. The number of aryl methyl sites for hydroxylation is 1. The molecule has 2 rings (SSSR count). The van der Waals surface area contributed by atoms with E-state index in [0.717, 1.165) is 11.1 Å². The minimum absolute atomic E-state index is 0.0903. The molecule has 2 unspecified atom stereocenters. The number of nitrogens with one attached hydrogen (secondary N) is 1. The monoisotopic (exact) mass is 247 g/mol. The predicted octanol–water partition coefficient (Wildman–Crippen LogP) is 1.89. The first kappa shape index (κ1) is 12.6. The molecule has 1 aliphatic carbocycles. The summed E-state index contributed by atoms with van der Waals surface area (Å²) in [5, 5.41) is 11.6. The van der Waals surface area contributed by atoms with Crippen LogP contribution in [0, 0.1) is 18.8 Å². The molecule has 0 aliphatic heterocycles. The molecule has 1 aliphatic rings. The molecule has 1 aromatic carbocycles. The third-order valence-electron chi connectivity index (χ3n) is 3.35. The number of carboxylic acids is 1. The first-order chi connectivity index (χ1) is 8.49. The molecule has 0 bridgehead atoms. The van der Waals surface area contributed by atoms with E-state index in [4.69, 9.17) is 5.11 Å². The number of carbonyl (C=O) groups is 2. The number of carboxylic acid groups (broad SMARTS) is 1. The van der Waals surface area contributed by atoms with Gasteiger partial charge in [-0.2, -0.15) is 0 Å². The van der Waals surface area contributed by atoms with Crippen molar-refractivity contribution in [1.82, 2.24) is 5.32 Å². The number of aliphatic carboxylic acids is 1. The second-order valence-electron chi connectivity index (χ2n) is 4.93. The fraction of sp³-hybridized carbons (Fsp3) is 0.429. The SMILES string of the molecule is Cc1cccc([C@H](C)NC(=O)C2CC2C(=O)O)c1. The van der Waals surface area contributed by atoms with Gasteiger partial charge >= 0.3 is 5.97 Å². The third-order valence-corrected chi connectivity index (χ3v) is 3.35. The zero-order chi connectivity index (χ0) is 13.3. The van der Waals surface area contributed by atoms with Gasteiger partial charge in [0.25, 0.3) is 0 Å². The summed E-state index contributed by atoms with van der Waals surface area (Å²) in [6, 6.07) is 7.84. The Morgan fingerprint density at radius 2 is 2.11 bits per heavy atom. The lowest BCUT2D eigenvalue weighted by Gasteiger charge is -2.14. The zero-order valence-corrected chi connectivity index (χ0v) is 10.5. The van der Waals surface area contributed by atoms with E-state index >= 15 is 0 Å². The van der Waals surface area contributed by atoms with Crippen molar-refractivity contribution in [2.45, 2.75) is 26.3 Å². The third kappa shape index (κ3) is 2.70. The van der Waals surface area contributed by atoms with Gasteiger partial charge in [0, 0.05) is 0 Å². The Bertz CT molecular complexity index is 484. The molecule has 96 valence electrons. The first-order valence-corrected chi connectivity index (χ1v) is 6.09. The van der Waals surface area contributed by atoms with E-state index in [-0.39, 0.29) is 17.9 Å². The van der Waals surface area contributed by atoms with Crippen molar-refractivity contribution in [2.75, 3.05) is 0 Å². The highest BCUT2D eigenvalue weighted by Crippen LogP contribution is 2.39. The Kier molecular flexibility index (Phi) is 3.36. The predicted molar refractivity (Wildman–Crippen MR) is 67.0 cm³/mol. The lowest BCUT2D eigenvalue weighted by molar-refractivity contribution is -0.140. The summed E-state index contributed by atoms with van der Waals surface area (Å²) in [5.74, 6) is -1.88. The van der Waals surface area contributed by atoms with E-state index in [2.05, 4.69) is 5.32 Å². The fourth-order valence-corrected chi connectivity index (χ4v) is 2.10. The van der Waals surface area contributed by atoms with Crippen molar-refractivity contribution < 1.29 is 14.7 Å². The van der Waals surface area contributed by atoms with Gasteiger partial charge in [0.2, 0.25) is 5.91 Å². The first-order valence-electron chi connectivity index (χ1n) is 6.09. The largest absolute Gasteiger partial charge is 0.481 e. The highest BCUT2D eigenvalue weighted by Gasteiger charge is 2.48. The van der Waals surface area contributed by atoms with Crippen molar-refractivity contribution in [3.05, 3.63) is 35.4 Å². The molecular formula is C14H17NO3. The topological polar surface area (TPSA) is 66.4 Å². The van der Waals surface area contributed by atoms with Gasteiger partial charge in [0.05, 0.1) is 17.9 Å². The lowest BCUT2D eigenvalue weighted by atomic mass is 10.1. The second kappa shape index (κ2) is 4.80. The minimum atomic E-state index is -0.877. The summed E-state index contributed by atoms with van der Waals surface area (Å²) in [4.78, 5) is 22.5. The van der Waals surface area contributed by atoms with Crippen molar-refractivity contribution in [1.29, 1.82) is 0 Å². The van der Waals surface area contributed by atoms with E-state index in [9.17, 15) is 9.59 Å². The van der Waals surface area contributed by atoms with Crippen molar-refractivity contribution in [2.24, 2.45) is 11.8 Å². The van der Waals surface area contributed by atoms with Crippen LogP contribution in [0.3, 0.4) is 0 Å². The van der Waals surface area contributed by atoms with E-state index in [1.54, 1.807) is 0 Å². The summed E-state index contributed by atoms with van der Waals surface area (Å²) in [5.41, 5.74) is 2.18. The maximum Gasteiger partial charge on any atom is 0.307 e. The maximum atomic E-state index is 11.8. The van der Waals surface area contributed by atoms with E-state index in [1.165, 1.54) is 0 Å². The molecule has 0 heterocycles. The van der Waals surface area contributed by atoms with Crippen LogP contribution in [0.25, 0.3) is 0 Å². The van der Waals surface area contributed by atoms with E-state index in [0.29, 0.717) is 6.42 Å². The quantitative estimate of drug-likeness (QED) is 0.853. The van der Waals surface area contributed by atoms with Crippen LogP contribution < -0.4 is 5.32 Å². The zero-order valence-electron chi connectivity index (χ0n) is 10.5. The lowest BCUT2D eigenvalue weighted by Crippen LogP contribution is -2.29. The average molecular weight is 247 g/mol. The van der Waals surface area contributed by atoms with Crippen molar-refractivity contribution in [3.63, 3.8) is 0 Å². The van der Waals surface area contributed by atoms with Gasteiger partial charge < -0.3 is 10.4 Å². The average Bonchev–Trinajstić information content (AvgIpc) is 3.08. The molecule has 0 spiro atoms. The molecule has 1 saturated carbocycles. The fourth-order valence-electron chi connectivity index (χ4n) is 2.10. The van der Waals surface area contributed by atoms with Crippen LogP contribution in [0.4, 0.5) is 0 Å². The molecule has 18 heavy (non-hydrogen) atoms. The smallest absolute Gasteiger partial charge is 0.307 e. The second-order valence-corrected chi connectivity index (χ2v) is 4.93. The molecule has 3 atom stereocenters. The van der Waals surface area contributed by atoms with Crippen molar-refractivity contribution >= 4 is 11.9 Å². The van der Waals surface area contributed by atoms with E-state index in [1.807, 2.05) is 38.1 Å². The van der Waals surface area contributed by atoms with Crippen LogP contribution in [0.2, 0.25) is 0 Å². The van der Waals surface area contributed by atoms with Gasteiger partial charge in [0.15, 0.2) is 0 Å². The number of hydrogen-bond donors (Lipinski definition) is 2. The normalized spacial score (nSPS) is 23.2. The summed E-state index contributed by atoms with van der Waals surface area (Å²) < 4.78 is 0. The maximum absolute atomic E-state index is 11.8. The van der Waals surface area contributed by atoms with Gasteiger partial charge in [-0.1, -0.05) is 29.8 Å². The van der Waals surface area contributed by atoms with Gasteiger partial charge in [0.1, 0.15) is 0 Å². The molecule has 1 amide bonds. The Morgan fingerprint density at radius 3 is 2.67 bits per heavy atom. The van der Waals surface area contributed by atoms with Crippen LogP contribution in [0.1, 0.15) is 30.5 Å². The van der Waals surface area contributed by atoms with Crippen LogP contribution >= 0.6 is 0 Å². The molecule has 0 radical (unpaired) electrons. The van der Waals surface area contributed by atoms with Crippen LogP contribution in [-0.2, 0) is 9.59 Å². The van der Waals surface area contributed by atoms with Crippen molar-refractivity contribution in [3.8, 4) is 0 Å². The molecule has 2 N–H and O–H groups in total. The molecule has 0 aromatic heterocycles. The van der Waals surface area contributed by atoms with Crippen LogP contribution in [0.5, 0.6) is 0 Å². The minimum Gasteiger partial charge on any atom is -0.481 e. The number of amides is 1. The number of rotatable bonds is 4. The molecule has 4 heteroatoms. The highest BCUT2D eigenvalue weighted by atomic mass is 16.4. The number of carbonyl (C=O) groups excluding carboxylic acids is 1. The van der Waals surface area contributed by atoms with Gasteiger partial charge in [-0.25, -0.2) is 0 Å². The van der Waals surface area contributed by atoms with Gasteiger partial charge in [-0.3, -0.25) is 9.59 Å². The Labute approximate surface area is 106 Å². The molecule has 0 saturated heterocycles. The molecule has 1 fully saturated rings. The summed E-state index contributed by atoms with van der Waals surface area (Å²) in [6.07, 6.45) is 0.460. The Morgan fingerprint density at radius 1 is 1.39 bits per heavy atom. The summed E-state index contributed by atoms with van der Waals surface area (Å²) in [6.45, 7) is 3.91. The standard InChI is InChI=1S/C14H17NO3/c1-8-4-3-5-10(6-8)9(2)15-13(16)11-7-12(11)14(17)18/h3-6,9,11-12H,7H2,1-2H3,(H,15,16)(H,17,18)/t9-,11?,12?/m0/s1. The Hall–Kier alpha value is -1.84. The van der Waals surface area contributed by atoms with Crippen LogP contribution in [0.15, 0.2) is 24.3 Å². The van der Waals surface area contributed by atoms with Gasteiger partial charge in [-0.05, 0) is 25.8 Å². The Balaban J connectivity index is 1.94. The molecular weight excluding hydrogens is 230 g/mol. The molecule has 4 nitrogen and oxygen atoms in total.